The molecule has 0 amide bonds. The van der Waals surface area contributed by atoms with Crippen LogP contribution in [0, 0.1) is 0 Å². The Balaban J connectivity index is 2.05. The number of alkyl halides is 3. The number of halogens is 3. The van der Waals surface area contributed by atoms with E-state index in [0.29, 0.717) is 0 Å². The monoisotopic (exact) mass is 268 g/mol. The molecule has 0 spiro atoms. The van der Waals surface area contributed by atoms with Gasteiger partial charge in [0, 0.05) is 6.42 Å². The second-order valence-corrected chi connectivity index (χ2v) is 4.02. The van der Waals surface area contributed by atoms with Crippen molar-refractivity contribution in [2.24, 2.45) is 0 Å². The number of fused-ring (bicyclic) bond motifs is 1. The molecule has 2 aromatic rings. The summed E-state index contributed by atoms with van der Waals surface area (Å²) in [5.41, 5.74) is 0.855. The Kier molecular flexibility index (Phi) is 3.74. The zero-order valence-corrected chi connectivity index (χ0v) is 9.91. The van der Waals surface area contributed by atoms with E-state index in [1.807, 2.05) is 42.5 Å². The highest BCUT2D eigenvalue weighted by Crippen LogP contribution is 2.20. The van der Waals surface area contributed by atoms with E-state index in [2.05, 4.69) is 4.74 Å². The van der Waals surface area contributed by atoms with Gasteiger partial charge in [0.2, 0.25) is 0 Å². The molecule has 0 unspecified atom stereocenters. The van der Waals surface area contributed by atoms with E-state index in [9.17, 15) is 18.0 Å². The molecule has 0 N–H and O–H groups in total. The third kappa shape index (κ3) is 3.24. The Hall–Kier alpha value is -2.04. The van der Waals surface area contributed by atoms with Gasteiger partial charge in [-0.15, -0.1) is 0 Å². The van der Waals surface area contributed by atoms with Crippen LogP contribution in [0.1, 0.15) is 5.56 Å². The molecule has 5 heteroatoms. The first-order valence-electron chi connectivity index (χ1n) is 5.69. The zero-order chi connectivity index (χ0) is 13.9. The molecule has 2 aromatic carbocycles. The number of ether oxygens (including phenoxy) is 1. The lowest BCUT2D eigenvalue weighted by atomic mass is 10.0. The average molecular weight is 268 g/mol. The minimum absolute atomic E-state index is 0.253. The highest BCUT2D eigenvalue weighted by atomic mass is 19.4. The van der Waals surface area contributed by atoms with Crippen LogP contribution in [0.4, 0.5) is 13.2 Å². The quantitative estimate of drug-likeness (QED) is 0.796. The summed E-state index contributed by atoms with van der Waals surface area (Å²) in [7, 11) is 0. The third-order valence-electron chi connectivity index (χ3n) is 2.72. The Bertz CT molecular complexity index is 585. The van der Waals surface area contributed by atoms with Gasteiger partial charge in [0.1, 0.15) is 0 Å². The van der Waals surface area contributed by atoms with Crippen LogP contribution >= 0.6 is 0 Å². The number of hydrogen-bond donors (Lipinski definition) is 0. The van der Waals surface area contributed by atoms with Gasteiger partial charge in [-0.25, -0.2) is 4.79 Å². The number of carbonyl (C=O) groups excluding carboxylic acids is 1. The lowest BCUT2D eigenvalue weighted by Gasteiger charge is -2.09. The van der Waals surface area contributed by atoms with Gasteiger partial charge in [0.15, 0.2) is 0 Å². The lowest BCUT2D eigenvalue weighted by Crippen LogP contribution is -2.26. The van der Waals surface area contributed by atoms with Gasteiger partial charge < -0.3 is 4.74 Å². The molecule has 2 nitrogen and oxygen atoms in total. The molecule has 0 aliphatic carbocycles. The summed E-state index contributed by atoms with van der Waals surface area (Å²) in [5.74, 6) is -2.15. The van der Waals surface area contributed by atoms with E-state index in [1.54, 1.807) is 0 Å². The standard InChI is InChI=1S/C14H11F3O2/c15-14(16,17)13(18)19-9-8-11-6-3-5-10-4-1-2-7-12(10)11/h1-7H,8-9H2. The number of esters is 1. The molecular weight excluding hydrogens is 257 g/mol. The molecule has 100 valence electrons. The van der Waals surface area contributed by atoms with Crippen LogP contribution < -0.4 is 0 Å². The van der Waals surface area contributed by atoms with Gasteiger partial charge in [-0.1, -0.05) is 42.5 Å². The van der Waals surface area contributed by atoms with Crippen molar-refractivity contribution >= 4 is 16.7 Å². The van der Waals surface area contributed by atoms with Crippen LogP contribution in [-0.4, -0.2) is 18.8 Å². The minimum atomic E-state index is -4.93. The smallest absolute Gasteiger partial charge is 0.459 e. The molecule has 0 aliphatic rings. The largest absolute Gasteiger partial charge is 0.490 e. The number of rotatable bonds is 3. The van der Waals surface area contributed by atoms with Gasteiger partial charge in [-0.2, -0.15) is 13.2 Å². The average Bonchev–Trinajstić information content (AvgIpc) is 2.38. The normalized spacial score (nSPS) is 11.5. The summed E-state index contributed by atoms with van der Waals surface area (Å²) in [4.78, 5) is 10.6. The first kappa shape index (κ1) is 13.4. The Morgan fingerprint density at radius 3 is 2.47 bits per heavy atom. The molecule has 19 heavy (non-hydrogen) atoms. The van der Waals surface area contributed by atoms with Crippen LogP contribution in [0.2, 0.25) is 0 Å². The number of benzene rings is 2. The Morgan fingerprint density at radius 1 is 1.05 bits per heavy atom. The van der Waals surface area contributed by atoms with Gasteiger partial charge in [0.05, 0.1) is 6.61 Å². The molecule has 0 fully saturated rings. The molecule has 0 atom stereocenters. The molecule has 0 radical (unpaired) electrons. The summed E-state index contributed by atoms with van der Waals surface area (Å²) < 4.78 is 40.1. The van der Waals surface area contributed by atoms with E-state index in [-0.39, 0.29) is 13.0 Å². The van der Waals surface area contributed by atoms with Gasteiger partial charge in [0.25, 0.3) is 0 Å². The zero-order valence-electron chi connectivity index (χ0n) is 9.91. The summed E-state index contributed by atoms with van der Waals surface area (Å²) >= 11 is 0. The van der Waals surface area contributed by atoms with Crippen molar-refractivity contribution in [2.45, 2.75) is 12.6 Å². The summed E-state index contributed by atoms with van der Waals surface area (Å²) in [6.45, 7) is -0.285. The first-order chi connectivity index (χ1) is 8.98. The van der Waals surface area contributed by atoms with Gasteiger partial charge in [-0.05, 0) is 16.3 Å². The van der Waals surface area contributed by atoms with E-state index in [1.165, 1.54) is 0 Å². The summed E-state index contributed by atoms with van der Waals surface area (Å²) in [5, 5.41) is 1.95. The topological polar surface area (TPSA) is 26.3 Å². The maximum atomic E-state index is 12.0. The summed E-state index contributed by atoms with van der Waals surface area (Å²) in [6.07, 6.45) is -4.68. The van der Waals surface area contributed by atoms with E-state index >= 15 is 0 Å². The molecule has 0 aromatic heterocycles. The van der Waals surface area contributed by atoms with Crippen molar-refractivity contribution < 1.29 is 22.7 Å². The fourth-order valence-electron chi connectivity index (χ4n) is 1.85. The van der Waals surface area contributed by atoms with Crippen LogP contribution in [0.5, 0.6) is 0 Å². The van der Waals surface area contributed by atoms with Crippen molar-refractivity contribution in [1.82, 2.24) is 0 Å². The van der Waals surface area contributed by atoms with E-state index < -0.39 is 12.1 Å². The van der Waals surface area contributed by atoms with Gasteiger partial charge >= 0.3 is 12.1 Å². The third-order valence-corrected chi connectivity index (χ3v) is 2.72. The minimum Gasteiger partial charge on any atom is -0.459 e. The number of carbonyl (C=O) groups is 1. The van der Waals surface area contributed by atoms with Crippen LogP contribution in [0.3, 0.4) is 0 Å². The van der Waals surface area contributed by atoms with Crippen LogP contribution in [-0.2, 0) is 16.0 Å². The summed E-state index contributed by atoms with van der Waals surface area (Å²) in [6, 6.07) is 13.1. The van der Waals surface area contributed by atoms with Crippen molar-refractivity contribution in [3.63, 3.8) is 0 Å². The molecule has 0 heterocycles. The van der Waals surface area contributed by atoms with E-state index in [4.69, 9.17) is 0 Å². The Morgan fingerprint density at radius 2 is 1.74 bits per heavy atom. The van der Waals surface area contributed by atoms with Crippen molar-refractivity contribution in [1.29, 1.82) is 0 Å². The molecular formula is C14H11F3O2. The fourth-order valence-corrected chi connectivity index (χ4v) is 1.85. The molecule has 0 aliphatic heterocycles. The van der Waals surface area contributed by atoms with Crippen LogP contribution in [0.15, 0.2) is 42.5 Å². The maximum Gasteiger partial charge on any atom is 0.490 e. The van der Waals surface area contributed by atoms with Gasteiger partial charge in [-0.3, -0.25) is 0 Å². The van der Waals surface area contributed by atoms with Crippen molar-refractivity contribution in [2.75, 3.05) is 6.61 Å². The molecule has 0 bridgehead atoms. The highest BCUT2D eigenvalue weighted by Gasteiger charge is 2.40. The molecule has 0 saturated carbocycles. The first-order valence-corrected chi connectivity index (χ1v) is 5.69. The number of hydrogen-bond acceptors (Lipinski definition) is 2. The fraction of sp³-hybridized carbons (Fsp3) is 0.214. The predicted octanol–water partition coefficient (Wildman–Crippen LogP) is 3.49. The SMILES string of the molecule is O=C(OCCc1cccc2ccccc12)C(F)(F)F. The highest BCUT2D eigenvalue weighted by molar-refractivity contribution is 5.85. The van der Waals surface area contributed by atoms with Crippen molar-refractivity contribution in [3.8, 4) is 0 Å². The lowest BCUT2D eigenvalue weighted by molar-refractivity contribution is -0.199. The maximum absolute atomic E-state index is 12.0. The predicted molar refractivity (Wildman–Crippen MR) is 64.7 cm³/mol. The molecule has 2 rings (SSSR count). The van der Waals surface area contributed by atoms with Crippen molar-refractivity contribution in [3.05, 3.63) is 48.0 Å². The van der Waals surface area contributed by atoms with E-state index in [0.717, 1.165) is 16.3 Å². The second-order valence-electron chi connectivity index (χ2n) is 4.02. The second kappa shape index (κ2) is 5.30. The Labute approximate surface area is 107 Å². The van der Waals surface area contributed by atoms with Crippen LogP contribution in [0.25, 0.3) is 10.8 Å². The molecule has 0 saturated heterocycles.